The lowest BCUT2D eigenvalue weighted by atomic mass is 10.1. The van der Waals surface area contributed by atoms with Gasteiger partial charge in [0.15, 0.2) is 12.4 Å². The van der Waals surface area contributed by atoms with E-state index in [4.69, 9.17) is 4.74 Å². The van der Waals surface area contributed by atoms with Crippen LogP contribution >= 0.6 is 0 Å². The van der Waals surface area contributed by atoms with Crippen LogP contribution in [-0.2, 0) is 16.1 Å². The van der Waals surface area contributed by atoms with E-state index in [-0.39, 0.29) is 49.5 Å². The van der Waals surface area contributed by atoms with Crippen molar-refractivity contribution in [3.63, 3.8) is 0 Å². The molecule has 1 heterocycles. The number of fused-ring (bicyclic) bond motifs is 1. The number of ether oxygens (including phenoxy) is 1. The van der Waals surface area contributed by atoms with E-state index >= 15 is 0 Å². The maximum absolute atomic E-state index is 13.6. The minimum atomic E-state index is -0.383. The summed E-state index contributed by atoms with van der Waals surface area (Å²) in [6.07, 6.45) is 0.0456. The number of Topliss-reactive ketones (excluding diaryl/α,β-unsaturated/α-hetero) is 1. The summed E-state index contributed by atoms with van der Waals surface area (Å²) >= 11 is 0. The number of rotatable bonds is 6. The van der Waals surface area contributed by atoms with Crippen LogP contribution in [0, 0.1) is 5.82 Å². The normalized spacial score (nSPS) is 13.0. The lowest BCUT2D eigenvalue weighted by molar-refractivity contribution is -0.122. The van der Waals surface area contributed by atoms with Crippen LogP contribution in [0.3, 0.4) is 0 Å². The Bertz CT molecular complexity index is 897. The molecule has 0 spiro atoms. The Labute approximate surface area is 155 Å². The number of hydrogen-bond donors (Lipinski definition) is 1. The van der Waals surface area contributed by atoms with Crippen LogP contribution in [0.4, 0.5) is 10.1 Å². The molecule has 2 aromatic carbocycles. The maximum Gasteiger partial charge on any atom is 0.265 e. The van der Waals surface area contributed by atoms with Gasteiger partial charge in [0, 0.05) is 30.6 Å². The first-order valence-electron chi connectivity index (χ1n) is 8.54. The van der Waals surface area contributed by atoms with Crippen molar-refractivity contribution in [1.82, 2.24) is 5.32 Å². The van der Waals surface area contributed by atoms with Crippen molar-refractivity contribution >= 4 is 23.3 Å². The highest BCUT2D eigenvalue weighted by atomic mass is 19.1. The fourth-order valence-corrected chi connectivity index (χ4v) is 2.80. The molecule has 0 bridgehead atoms. The van der Waals surface area contributed by atoms with Crippen molar-refractivity contribution in [3.8, 4) is 5.75 Å². The number of carbonyl (C=O) groups is 3. The molecule has 1 aliphatic rings. The van der Waals surface area contributed by atoms with Gasteiger partial charge in [-0.1, -0.05) is 18.2 Å². The van der Waals surface area contributed by atoms with Crippen molar-refractivity contribution in [2.75, 3.05) is 18.1 Å². The topological polar surface area (TPSA) is 75.7 Å². The largest absolute Gasteiger partial charge is 0.482 e. The summed E-state index contributed by atoms with van der Waals surface area (Å²) < 4.78 is 19.0. The lowest BCUT2D eigenvalue weighted by Gasteiger charge is -2.29. The first-order chi connectivity index (χ1) is 13.0. The SMILES string of the molecule is CC(=O)c1ccc2c(c1)N(CCC(=O)NCc1ccccc1F)C(=O)CO2. The summed E-state index contributed by atoms with van der Waals surface area (Å²) in [5, 5.41) is 2.65. The monoisotopic (exact) mass is 370 g/mol. The third-order valence-electron chi connectivity index (χ3n) is 4.30. The fourth-order valence-electron chi connectivity index (χ4n) is 2.80. The fraction of sp³-hybridized carbons (Fsp3) is 0.250. The average Bonchev–Trinajstić information content (AvgIpc) is 2.66. The highest BCUT2D eigenvalue weighted by Gasteiger charge is 2.26. The number of carbonyl (C=O) groups excluding carboxylic acids is 3. The van der Waals surface area contributed by atoms with Crippen molar-refractivity contribution in [2.24, 2.45) is 0 Å². The van der Waals surface area contributed by atoms with Gasteiger partial charge in [-0.25, -0.2) is 4.39 Å². The first kappa shape index (κ1) is 18.6. The zero-order valence-electron chi connectivity index (χ0n) is 14.8. The summed E-state index contributed by atoms with van der Waals surface area (Å²) in [6.45, 7) is 1.53. The van der Waals surface area contributed by atoms with Gasteiger partial charge in [0.1, 0.15) is 11.6 Å². The molecule has 0 unspecified atom stereocenters. The molecule has 0 aromatic heterocycles. The predicted octanol–water partition coefficient (Wildman–Crippen LogP) is 2.46. The van der Waals surface area contributed by atoms with E-state index in [9.17, 15) is 18.8 Å². The molecule has 1 N–H and O–H groups in total. The van der Waals surface area contributed by atoms with Crippen LogP contribution in [-0.4, -0.2) is 30.7 Å². The summed E-state index contributed by atoms with van der Waals surface area (Å²) in [5.74, 6) is -0.608. The molecule has 27 heavy (non-hydrogen) atoms. The summed E-state index contributed by atoms with van der Waals surface area (Å²) in [7, 11) is 0. The number of halogens is 1. The van der Waals surface area contributed by atoms with E-state index < -0.39 is 0 Å². The van der Waals surface area contributed by atoms with Crippen LogP contribution in [0.5, 0.6) is 5.75 Å². The van der Waals surface area contributed by atoms with E-state index in [2.05, 4.69) is 5.32 Å². The minimum Gasteiger partial charge on any atom is -0.482 e. The molecule has 140 valence electrons. The molecule has 1 aliphatic heterocycles. The number of nitrogens with one attached hydrogen (secondary N) is 1. The zero-order valence-corrected chi connectivity index (χ0v) is 14.8. The van der Waals surface area contributed by atoms with E-state index in [0.29, 0.717) is 22.6 Å². The van der Waals surface area contributed by atoms with Gasteiger partial charge in [0.2, 0.25) is 5.91 Å². The molecule has 0 fully saturated rings. The molecule has 2 amide bonds. The van der Waals surface area contributed by atoms with Crippen molar-refractivity contribution < 1.29 is 23.5 Å². The zero-order chi connectivity index (χ0) is 19.4. The van der Waals surface area contributed by atoms with Gasteiger partial charge < -0.3 is 15.0 Å². The second-order valence-electron chi connectivity index (χ2n) is 6.19. The number of hydrogen-bond acceptors (Lipinski definition) is 4. The van der Waals surface area contributed by atoms with E-state index in [0.717, 1.165) is 0 Å². The van der Waals surface area contributed by atoms with Crippen molar-refractivity contribution in [3.05, 3.63) is 59.4 Å². The van der Waals surface area contributed by atoms with Gasteiger partial charge in [-0.3, -0.25) is 14.4 Å². The molecule has 0 saturated carbocycles. The second-order valence-corrected chi connectivity index (χ2v) is 6.19. The molecule has 6 nitrogen and oxygen atoms in total. The number of ketones is 1. The summed E-state index contributed by atoms with van der Waals surface area (Å²) in [5.41, 5.74) is 1.33. The molecular weight excluding hydrogens is 351 g/mol. The highest BCUT2D eigenvalue weighted by Crippen LogP contribution is 2.33. The Morgan fingerprint density at radius 3 is 2.74 bits per heavy atom. The van der Waals surface area contributed by atoms with E-state index in [1.54, 1.807) is 36.4 Å². The van der Waals surface area contributed by atoms with Crippen molar-refractivity contribution in [2.45, 2.75) is 19.9 Å². The first-order valence-corrected chi connectivity index (χ1v) is 8.54. The number of anilines is 1. The Morgan fingerprint density at radius 2 is 2.00 bits per heavy atom. The standard InChI is InChI=1S/C20H19FN2O4/c1-13(24)14-6-7-18-17(10-14)23(20(26)12-27-18)9-8-19(25)22-11-15-4-2-3-5-16(15)21/h2-7,10H,8-9,11-12H2,1H3,(H,22,25). The second kappa shape index (κ2) is 7.99. The van der Waals surface area contributed by atoms with Gasteiger partial charge in [0.25, 0.3) is 5.91 Å². The minimum absolute atomic E-state index is 0.0456. The Hall–Kier alpha value is -3.22. The molecule has 7 heteroatoms. The van der Waals surface area contributed by atoms with Gasteiger partial charge in [-0.05, 0) is 31.2 Å². The van der Waals surface area contributed by atoms with Gasteiger partial charge >= 0.3 is 0 Å². The molecule has 0 saturated heterocycles. The van der Waals surface area contributed by atoms with Crippen LogP contribution in [0.2, 0.25) is 0 Å². The maximum atomic E-state index is 13.6. The lowest BCUT2D eigenvalue weighted by Crippen LogP contribution is -2.41. The van der Waals surface area contributed by atoms with Crippen LogP contribution in [0.15, 0.2) is 42.5 Å². The molecule has 3 rings (SSSR count). The van der Waals surface area contributed by atoms with Crippen LogP contribution in [0.1, 0.15) is 29.3 Å². The van der Waals surface area contributed by atoms with Crippen LogP contribution < -0.4 is 15.0 Å². The molecular formula is C20H19FN2O4. The van der Waals surface area contributed by atoms with Crippen LogP contribution in [0.25, 0.3) is 0 Å². The summed E-state index contributed by atoms with van der Waals surface area (Å²) in [4.78, 5) is 37.3. The number of benzene rings is 2. The summed E-state index contributed by atoms with van der Waals surface area (Å²) in [6, 6.07) is 11.1. The Kier molecular flexibility index (Phi) is 5.49. The van der Waals surface area contributed by atoms with E-state index in [1.807, 2.05) is 0 Å². The number of amides is 2. The quantitative estimate of drug-likeness (QED) is 0.793. The van der Waals surface area contributed by atoms with E-state index in [1.165, 1.54) is 17.9 Å². The number of nitrogens with zero attached hydrogens (tertiary/aromatic N) is 1. The third-order valence-corrected chi connectivity index (χ3v) is 4.30. The molecule has 0 atom stereocenters. The van der Waals surface area contributed by atoms with Gasteiger partial charge in [-0.2, -0.15) is 0 Å². The Morgan fingerprint density at radius 1 is 1.22 bits per heavy atom. The molecule has 0 radical (unpaired) electrons. The van der Waals surface area contributed by atoms with Gasteiger partial charge in [0.05, 0.1) is 5.69 Å². The molecule has 2 aromatic rings. The Balaban J connectivity index is 1.64. The van der Waals surface area contributed by atoms with Gasteiger partial charge in [-0.15, -0.1) is 0 Å². The highest BCUT2D eigenvalue weighted by molar-refractivity contribution is 6.01. The average molecular weight is 370 g/mol. The third kappa shape index (κ3) is 4.31. The van der Waals surface area contributed by atoms with Crippen molar-refractivity contribution in [1.29, 1.82) is 0 Å². The predicted molar refractivity (Wildman–Crippen MR) is 97.2 cm³/mol. The molecule has 0 aliphatic carbocycles. The smallest absolute Gasteiger partial charge is 0.265 e.